The molecule has 2 aromatic carbocycles. The van der Waals surface area contributed by atoms with Gasteiger partial charge in [-0.3, -0.25) is 14.5 Å². The Kier molecular flexibility index (Phi) is 6.94. The van der Waals surface area contributed by atoms with Crippen molar-refractivity contribution in [2.75, 3.05) is 23.7 Å². The number of piperidine rings is 1. The number of nitrogens with zero attached hydrogens (tertiary/aromatic N) is 1. The summed E-state index contributed by atoms with van der Waals surface area (Å²) in [5.74, 6) is -0.0778. The van der Waals surface area contributed by atoms with Gasteiger partial charge in [-0.25, -0.2) is 0 Å². The molecule has 1 fully saturated rings. The van der Waals surface area contributed by atoms with E-state index in [0.717, 1.165) is 43.7 Å². The largest absolute Gasteiger partial charge is 0.326 e. The highest BCUT2D eigenvalue weighted by atomic mass is 35.5. The summed E-state index contributed by atoms with van der Waals surface area (Å²) >= 11 is 12.0. The van der Waals surface area contributed by atoms with Gasteiger partial charge in [0, 0.05) is 30.8 Å². The maximum absolute atomic E-state index is 12.5. The minimum absolute atomic E-state index is 0.0000712. The Labute approximate surface area is 175 Å². The topological polar surface area (TPSA) is 61.4 Å². The number of amides is 2. The first kappa shape index (κ1) is 20.6. The fourth-order valence-electron chi connectivity index (χ4n) is 3.33. The molecule has 1 aliphatic rings. The summed E-state index contributed by atoms with van der Waals surface area (Å²) in [5, 5.41) is 6.80. The van der Waals surface area contributed by atoms with E-state index in [2.05, 4.69) is 15.5 Å². The second-order valence-electron chi connectivity index (χ2n) is 7.05. The Hall–Kier alpha value is -2.08. The number of rotatable bonds is 5. The first-order valence-corrected chi connectivity index (χ1v) is 10.0. The van der Waals surface area contributed by atoms with Gasteiger partial charge in [0.05, 0.1) is 10.0 Å². The number of carbonyl (C=O) groups excluding carboxylic acids is 2. The summed E-state index contributed by atoms with van der Waals surface area (Å²) in [6.45, 7) is 3.99. The average Bonchev–Trinajstić information content (AvgIpc) is 2.66. The molecule has 2 amide bonds. The van der Waals surface area contributed by atoms with Crippen molar-refractivity contribution in [1.29, 1.82) is 0 Å². The van der Waals surface area contributed by atoms with Gasteiger partial charge in [-0.1, -0.05) is 29.3 Å². The number of nitrogens with one attached hydrogen (secondary N) is 2. The lowest BCUT2D eigenvalue weighted by Gasteiger charge is -2.31. The molecule has 1 aliphatic heterocycles. The molecule has 0 aromatic heterocycles. The van der Waals surface area contributed by atoms with E-state index in [4.69, 9.17) is 23.2 Å². The Morgan fingerprint density at radius 1 is 0.964 bits per heavy atom. The highest BCUT2D eigenvalue weighted by Gasteiger charge is 2.25. The zero-order valence-corrected chi connectivity index (χ0v) is 17.2. The molecule has 3 rings (SSSR count). The van der Waals surface area contributed by atoms with Gasteiger partial charge in [0.25, 0.3) is 0 Å². The van der Waals surface area contributed by atoms with Crippen molar-refractivity contribution in [3.63, 3.8) is 0 Å². The van der Waals surface area contributed by atoms with E-state index in [1.165, 1.54) is 6.92 Å². The molecule has 148 valence electrons. The molecule has 1 heterocycles. The highest BCUT2D eigenvalue weighted by Crippen LogP contribution is 2.25. The Morgan fingerprint density at radius 2 is 1.57 bits per heavy atom. The molecule has 0 aliphatic carbocycles. The second-order valence-corrected chi connectivity index (χ2v) is 7.86. The second kappa shape index (κ2) is 9.41. The van der Waals surface area contributed by atoms with Crippen molar-refractivity contribution in [3.8, 4) is 0 Å². The van der Waals surface area contributed by atoms with Crippen molar-refractivity contribution in [2.24, 2.45) is 5.92 Å². The molecular formula is C21H23Cl2N3O2. The molecule has 2 N–H and O–H groups in total. The molecule has 0 bridgehead atoms. The van der Waals surface area contributed by atoms with Gasteiger partial charge in [0.2, 0.25) is 11.8 Å². The van der Waals surface area contributed by atoms with Crippen molar-refractivity contribution in [1.82, 2.24) is 4.90 Å². The minimum Gasteiger partial charge on any atom is -0.326 e. The maximum Gasteiger partial charge on any atom is 0.227 e. The summed E-state index contributed by atoms with van der Waals surface area (Å²) in [6, 6.07) is 12.8. The zero-order chi connectivity index (χ0) is 20.1. The number of benzene rings is 2. The van der Waals surface area contributed by atoms with Crippen LogP contribution in [0.3, 0.4) is 0 Å². The van der Waals surface area contributed by atoms with Crippen LogP contribution in [0.5, 0.6) is 0 Å². The van der Waals surface area contributed by atoms with Gasteiger partial charge in [-0.2, -0.15) is 0 Å². The summed E-state index contributed by atoms with van der Waals surface area (Å²) in [5.41, 5.74) is 2.56. The number of hydrogen-bond donors (Lipinski definition) is 2. The summed E-state index contributed by atoms with van der Waals surface area (Å²) < 4.78 is 0. The minimum atomic E-state index is -0.121. The normalized spacial score (nSPS) is 15.2. The molecule has 1 saturated heterocycles. The number of carbonyl (C=O) groups is 2. The Morgan fingerprint density at radius 3 is 2.14 bits per heavy atom. The molecule has 0 radical (unpaired) electrons. The van der Waals surface area contributed by atoms with Gasteiger partial charge in [0.1, 0.15) is 0 Å². The first-order chi connectivity index (χ1) is 13.4. The van der Waals surface area contributed by atoms with Crippen molar-refractivity contribution in [2.45, 2.75) is 26.3 Å². The van der Waals surface area contributed by atoms with Crippen LogP contribution in [0.25, 0.3) is 0 Å². The fourth-order valence-corrected chi connectivity index (χ4v) is 3.65. The fraction of sp³-hybridized carbons (Fsp3) is 0.333. The van der Waals surface area contributed by atoms with Crippen molar-refractivity contribution in [3.05, 3.63) is 58.1 Å². The van der Waals surface area contributed by atoms with E-state index in [9.17, 15) is 9.59 Å². The van der Waals surface area contributed by atoms with E-state index >= 15 is 0 Å². The number of anilines is 2. The van der Waals surface area contributed by atoms with Crippen LogP contribution < -0.4 is 10.6 Å². The smallest absolute Gasteiger partial charge is 0.227 e. The van der Waals surface area contributed by atoms with Gasteiger partial charge in [0.15, 0.2) is 0 Å². The molecule has 0 spiro atoms. The molecule has 5 nitrogen and oxygen atoms in total. The van der Waals surface area contributed by atoms with Crippen molar-refractivity contribution < 1.29 is 9.59 Å². The number of likely N-dealkylation sites (tertiary alicyclic amines) is 1. The third-order valence-corrected chi connectivity index (χ3v) is 5.56. The van der Waals surface area contributed by atoms with Crippen LogP contribution in [0.1, 0.15) is 25.3 Å². The van der Waals surface area contributed by atoms with Crippen LogP contribution in [-0.4, -0.2) is 29.8 Å². The standard InChI is InChI=1S/C21H23Cl2N3O2/c1-14(27)24-17-3-5-18(6-4-17)25-21(28)16-8-10-26(11-9-16)13-15-2-7-19(22)20(23)12-15/h2-7,12,16H,8-11,13H2,1H3,(H,24,27)(H,25,28). The monoisotopic (exact) mass is 419 g/mol. The highest BCUT2D eigenvalue weighted by molar-refractivity contribution is 6.42. The average molecular weight is 420 g/mol. The molecule has 7 heteroatoms. The third-order valence-electron chi connectivity index (χ3n) is 4.82. The lowest BCUT2D eigenvalue weighted by Crippen LogP contribution is -2.37. The van der Waals surface area contributed by atoms with E-state index in [1.54, 1.807) is 24.3 Å². The number of hydrogen-bond acceptors (Lipinski definition) is 3. The molecule has 0 unspecified atom stereocenters. The lowest BCUT2D eigenvalue weighted by molar-refractivity contribution is -0.121. The third kappa shape index (κ3) is 5.71. The van der Waals surface area contributed by atoms with Crippen LogP contribution in [-0.2, 0) is 16.1 Å². The van der Waals surface area contributed by atoms with Gasteiger partial charge in [-0.05, 0) is 67.9 Å². The van der Waals surface area contributed by atoms with Gasteiger partial charge < -0.3 is 10.6 Å². The molecule has 0 saturated carbocycles. The Bertz CT molecular complexity index is 847. The van der Waals surface area contributed by atoms with Gasteiger partial charge in [-0.15, -0.1) is 0 Å². The predicted molar refractivity (Wildman–Crippen MR) is 114 cm³/mol. The van der Waals surface area contributed by atoms with E-state index in [-0.39, 0.29) is 17.7 Å². The summed E-state index contributed by atoms with van der Waals surface area (Å²) in [6.07, 6.45) is 1.63. The van der Waals surface area contributed by atoms with Crippen LogP contribution in [0.4, 0.5) is 11.4 Å². The van der Waals surface area contributed by atoms with Crippen LogP contribution in [0.15, 0.2) is 42.5 Å². The predicted octanol–water partition coefficient (Wildman–Crippen LogP) is 4.80. The quantitative estimate of drug-likeness (QED) is 0.731. The zero-order valence-electron chi connectivity index (χ0n) is 15.7. The molecular weight excluding hydrogens is 397 g/mol. The van der Waals surface area contributed by atoms with E-state index in [1.807, 2.05) is 18.2 Å². The molecule has 2 aromatic rings. The first-order valence-electron chi connectivity index (χ1n) is 9.25. The van der Waals surface area contributed by atoms with E-state index in [0.29, 0.717) is 15.7 Å². The van der Waals surface area contributed by atoms with Crippen LogP contribution >= 0.6 is 23.2 Å². The lowest BCUT2D eigenvalue weighted by atomic mass is 9.95. The summed E-state index contributed by atoms with van der Waals surface area (Å²) in [7, 11) is 0. The van der Waals surface area contributed by atoms with Gasteiger partial charge >= 0.3 is 0 Å². The van der Waals surface area contributed by atoms with Crippen LogP contribution in [0.2, 0.25) is 10.0 Å². The molecule has 28 heavy (non-hydrogen) atoms. The molecule has 0 atom stereocenters. The Balaban J connectivity index is 1.48. The van der Waals surface area contributed by atoms with E-state index < -0.39 is 0 Å². The SMILES string of the molecule is CC(=O)Nc1ccc(NC(=O)C2CCN(Cc3ccc(Cl)c(Cl)c3)CC2)cc1. The maximum atomic E-state index is 12.5. The summed E-state index contributed by atoms with van der Waals surface area (Å²) in [4.78, 5) is 25.9. The van der Waals surface area contributed by atoms with Crippen LogP contribution in [0, 0.1) is 5.92 Å². The number of halogens is 2. The van der Waals surface area contributed by atoms with Crippen molar-refractivity contribution >= 4 is 46.4 Å².